The van der Waals surface area contributed by atoms with Crippen molar-refractivity contribution >= 4 is 0 Å². The van der Waals surface area contributed by atoms with Gasteiger partial charge in [0.2, 0.25) is 0 Å². The van der Waals surface area contributed by atoms with Crippen LogP contribution in [-0.4, -0.2) is 0 Å². The van der Waals surface area contributed by atoms with E-state index < -0.39 is 0 Å². The molecule has 1 aromatic carbocycles. The highest BCUT2D eigenvalue weighted by Crippen LogP contribution is 2.30. The van der Waals surface area contributed by atoms with Gasteiger partial charge in [0.25, 0.3) is 0 Å². The number of nitrogens with one attached hydrogen (secondary N) is 1. The second-order valence-electron chi connectivity index (χ2n) is 6.12. The van der Waals surface area contributed by atoms with Crippen molar-refractivity contribution in [2.45, 2.75) is 53.5 Å². The average molecular weight is 234 g/mol. The van der Waals surface area contributed by atoms with Crippen LogP contribution in [0.25, 0.3) is 0 Å². The number of nitrogens with two attached hydrogens (primary N) is 1. The minimum Gasteiger partial charge on any atom is -0.271 e. The van der Waals surface area contributed by atoms with Crippen LogP contribution in [0.1, 0.15) is 56.3 Å². The first-order valence-electron chi connectivity index (χ1n) is 6.37. The number of hydrogen-bond donors (Lipinski definition) is 2. The van der Waals surface area contributed by atoms with E-state index in [-0.39, 0.29) is 6.04 Å². The fourth-order valence-electron chi connectivity index (χ4n) is 2.27. The lowest BCUT2D eigenvalue weighted by atomic mass is 9.85. The first-order chi connectivity index (χ1) is 7.85. The van der Waals surface area contributed by atoms with E-state index in [1.54, 1.807) is 0 Å². The first kappa shape index (κ1) is 14.2. The van der Waals surface area contributed by atoms with Gasteiger partial charge in [0.05, 0.1) is 0 Å². The summed E-state index contributed by atoms with van der Waals surface area (Å²) >= 11 is 0. The molecule has 1 rings (SSSR count). The van der Waals surface area contributed by atoms with Crippen molar-refractivity contribution in [3.63, 3.8) is 0 Å². The van der Waals surface area contributed by atoms with E-state index in [9.17, 15) is 0 Å². The van der Waals surface area contributed by atoms with Crippen LogP contribution in [0.3, 0.4) is 0 Å². The van der Waals surface area contributed by atoms with Gasteiger partial charge in [0.15, 0.2) is 0 Å². The molecule has 1 atom stereocenters. The van der Waals surface area contributed by atoms with Crippen molar-refractivity contribution in [1.82, 2.24) is 5.43 Å². The molecule has 0 fully saturated rings. The first-order valence-corrected chi connectivity index (χ1v) is 6.37. The van der Waals surface area contributed by atoms with E-state index in [4.69, 9.17) is 5.84 Å². The van der Waals surface area contributed by atoms with Gasteiger partial charge < -0.3 is 0 Å². The van der Waals surface area contributed by atoms with E-state index in [0.29, 0.717) is 5.41 Å². The van der Waals surface area contributed by atoms with Crippen LogP contribution in [-0.2, 0) is 0 Å². The lowest BCUT2D eigenvalue weighted by Crippen LogP contribution is -2.30. The van der Waals surface area contributed by atoms with Gasteiger partial charge in [-0.3, -0.25) is 11.3 Å². The van der Waals surface area contributed by atoms with Crippen LogP contribution < -0.4 is 11.3 Å². The van der Waals surface area contributed by atoms with Crippen molar-refractivity contribution in [3.8, 4) is 0 Å². The monoisotopic (exact) mass is 234 g/mol. The molecule has 0 aromatic heterocycles. The summed E-state index contributed by atoms with van der Waals surface area (Å²) in [5.41, 5.74) is 7.33. The second kappa shape index (κ2) is 5.65. The topological polar surface area (TPSA) is 38.0 Å². The molecule has 0 saturated heterocycles. The number of aryl methyl sites for hydroxylation is 2. The SMILES string of the molecule is Cc1cccc(C)c1C(CCC(C)(C)C)NN. The van der Waals surface area contributed by atoms with Gasteiger partial charge in [-0.2, -0.15) is 0 Å². The summed E-state index contributed by atoms with van der Waals surface area (Å²) in [6.45, 7) is 11.1. The minimum absolute atomic E-state index is 0.260. The van der Waals surface area contributed by atoms with Gasteiger partial charge in [-0.05, 0) is 48.8 Å². The van der Waals surface area contributed by atoms with Gasteiger partial charge in [-0.25, -0.2) is 0 Å². The Bertz CT molecular complexity index is 343. The molecule has 3 N–H and O–H groups in total. The van der Waals surface area contributed by atoms with Crippen LogP contribution in [0.4, 0.5) is 0 Å². The maximum Gasteiger partial charge on any atom is 0.0465 e. The molecule has 0 heterocycles. The molecular weight excluding hydrogens is 208 g/mol. The predicted molar refractivity (Wildman–Crippen MR) is 74.7 cm³/mol. The molecule has 0 bridgehead atoms. The number of hydrogen-bond acceptors (Lipinski definition) is 2. The third kappa shape index (κ3) is 4.14. The molecule has 17 heavy (non-hydrogen) atoms. The fourth-order valence-corrected chi connectivity index (χ4v) is 2.27. The Kier molecular flexibility index (Phi) is 4.72. The summed E-state index contributed by atoms with van der Waals surface area (Å²) in [7, 11) is 0. The zero-order chi connectivity index (χ0) is 13.1. The summed E-state index contributed by atoms with van der Waals surface area (Å²) in [5, 5.41) is 0. The molecule has 0 radical (unpaired) electrons. The second-order valence-corrected chi connectivity index (χ2v) is 6.12. The third-order valence-electron chi connectivity index (χ3n) is 3.27. The third-order valence-corrected chi connectivity index (χ3v) is 3.27. The highest BCUT2D eigenvalue weighted by atomic mass is 15.2. The standard InChI is InChI=1S/C15H26N2/c1-11-7-6-8-12(2)14(11)13(17-16)9-10-15(3,4)5/h6-8,13,17H,9-10,16H2,1-5H3. The van der Waals surface area contributed by atoms with Gasteiger partial charge in [0.1, 0.15) is 0 Å². The molecule has 0 spiro atoms. The molecule has 0 aliphatic rings. The fraction of sp³-hybridized carbons (Fsp3) is 0.600. The van der Waals surface area contributed by atoms with Gasteiger partial charge in [-0.15, -0.1) is 0 Å². The molecule has 2 heteroatoms. The summed E-state index contributed by atoms with van der Waals surface area (Å²) in [5.74, 6) is 5.72. The molecule has 1 aromatic rings. The van der Waals surface area contributed by atoms with Gasteiger partial charge >= 0.3 is 0 Å². The Hall–Kier alpha value is -0.860. The quantitative estimate of drug-likeness (QED) is 0.616. The van der Waals surface area contributed by atoms with E-state index in [0.717, 1.165) is 12.8 Å². The Labute approximate surface area is 106 Å². The lowest BCUT2D eigenvalue weighted by molar-refractivity contribution is 0.332. The van der Waals surface area contributed by atoms with E-state index in [1.807, 2.05) is 0 Å². The predicted octanol–water partition coefficient (Wildman–Crippen LogP) is 3.63. The van der Waals surface area contributed by atoms with E-state index in [1.165, 1.54) is 16.7 Å². The summed E-state index contributed by atoms with van der Waals surface area (Å²) in [6, 6.07) is 6.68. The van der Waals surface area contributed by atoms with Crippen molar-refractivity contribution in [3.05, 3.63) is 34.9 Å². The minimum atomic E-state index is 0.260. The zero-order valence-electron chi connectivity index (χ0n) is 11.8. The molecule has 0 aliphatic heterocycles. The van der Waals surface area contributed by atoms with Crippen LogP contribution in [0.15, 0.2) is 18.2 Å². The highest BCUT2D eigenvalue weighted by molar-refractivity contribution is 5.36. The summed E-state index contributed by atoms with van der Waals surface area (Å²) < 4.78 is 0. The Morgan fingerprint density at radius 1 is 1.18 bits per heavy atom. The van der Waals surface area contributed by atoms with Crippen LogP contribution >= 0.6 is 0 Å². The molecule has 1 unspecified atom stereocenters. The zero-order valence-corrected chi connectivity index (χ0v) is 11.8. The number of hydrazine groups is 1. The Morgan fingerprint density at radius 2 is 1.71 bits per heavy atom. The molecule has 2 nitrogen and oxygen atoms in total. The van der Waals surface area contributed by atoms with Gasteiger partial charge in [0, 0.05) is 6.04 Å². The Balaban J connectivity index is 2.87. The molecular formula is C15H26N2. The lowest BCUT2D eigenvalue weighted by Gasteiger charge is -2.25. The van der Waals surface area contributed by atoms with Crippen molar-refractivity contribution in [2.24, 2.45) is 11.3 Å². The van der Waals surface area contributed by atoms with Crippen molar-refractivity contribution < 1.29 is 0 Å². The Morgan fingerprint density at radius 3 is 2.12 bits per heavy atom. The largest absolute Gasteiger partial charge is 0.271 e. The maximum atomic E-state index is 5.72. The summed E-state index contributed by atoms with van der Waals surface area (Å²) in [4.78, 5) is 0. The average Bonchev–Trinajstić information content (AvgIpc) is 2.21. The van der Waals surface area contributed by atoms with E-state index >= 15 is 0 Å². The van der Waals surface area contributed by atoms with Gasteiger partial charge in [-0.1, -0.05) is 39.0 Å². The molecule has 0 aliphatic carbocycles. The smallest absolute Gasteiger partial charge is 0.0465 e. The molecule has 96 valence electrons. The van der Waals surface area contributed by atoms with Crippen molar-refractivity contribution in [1.29, 1.82) is 0 Å². The molecule has 0 amide bonds. The van der Waals surface area contributed by atoms with Crippen molar-refractivity contribution in [2.75, 3.05) is 0 Å². The number of rotatable bonds is 4. The highest BCUT2D eigenvalue weighted by Gasteiger charge is 2.18. The molecule has 0 saturated carbocycles. The van der Waals surface area contributed by atoms with Crippen LogP contribution in [0.5, 0.6) is 0 Å². The normalized spacial score (nSPS) is 13.8. The van der Waals surface area contributed by atoms with E-state index in [2.05, 4.69) is 58.2 Å². The van der Waals surface area contributed by atoms with Crippen LogP contribution in [0, 0.1) is 19.3 Å². The maximum absolute atomic E-state index is 5.72. The number of benzene rings is 1. The van der Waals surface area contributed by atoms with Crippen LogP contribution in [0.2, 0.25) is 0 Å². The summed E-state index contributed by atoms with van der Waals surface area (Å²) in [6.07, 6.45) is 2.24.